The van der Waals surface area contributed by atoms with Crippen LogP contribution in [-0.2, 0) is 4.74 Å². The molecule has 0 aromatic carbocycles. The maximum Gasteiger partial charge on any atom is 0.414 e. The summed E-state index contributed by atoms with van der Waals surface area (Å²) in [7, 11) is 0. The molecule has 0 amide bonds. The van der Waals surface area contributed by atoms with Gasteiger partial charge in [0.05, 0.1) is 12.6 Å². The normalized spacial score (nSPS) is 16.0. The van der Waals surface area contributed by atoms with E-state index in [4.69, 9.17) is 11.2 Å². The third kappa shape index (κ3) is 5.84. The first kappa shape index (κ1) is 13.3. The van der Waals surface area contributed by atoms with Crippen molar-refractivity contribution in [3.05, 3.63) is 0 Å². The van der Waals surface area contributed by atoms with Crippen molar-refractivity contribution in [2.24, 2.45) is 0 Å². The maximum atomic E-state index is 12.0. The molecular weight excluding hydrogens is 195 g/mol. The van der Waals surface area contributed by atoms with Crippen molar-refractivity contribution >= 4 is 0 Å². The van der Waals surface area contributed by atoms with E-state index in [0.29, 0.717) is 13.1 Å². The van der Waals surface area contributed by atoms with Crippen LogP contribution in [0.5, 0.6) is 0 Å². The van der Waals surface area contributed by atoms with Crippen LogP contribution in [0.2, 0.25) is 0 Å². The topological polar surface area (TPSA) is 21.3 Å². The summed E-state index contributed by atoms with van der Waals surface area (Å²) in [6, 6.07) is 0. The SMILES string of the molecule is C#CCNCC(C)OC(C)C(F)(F)F. The van der Waals surface area contributed by atoms with E-state index < -0.39 is 18.4 Å². The van der Waals surface area contributed by atoms with Crippen LogP contribution in [0.25, 0.3) is 0 Å². The fourth-order valence-corrected chi connectivity index (χ4v) is 0.821. The first-order chi connectivity index (χ1) is 6.38. The molecule has 14 heavy (non-hydrogen) atoms. The Kier molecular flexibility index (Phi) is 5.58. The van der Waals surface area contributed by atoms with Crippen LogP contribution in [0.15, 0.2) is 0 Å². The van der Waals surface area contributed by atoms with Crippen molar-refractivity contribution in [1.29, 1.82) is 0 Å². The molecule has 0 rings (SSSR count). The van der Waals surface area contributed by atoms with E-state index in [1.54, 1.807) is 6.92 Å². The number of hydrogen-bond donors (Lipinski definition) is 1. The van der Waals surface area contributed by atoms with Gasteiger partial charge in [-0.2, -0.15) is 13.2 Å². The molecule has 0 aliphatic heterocycles. The fourth-order valence-electron chi connectivity index (χ4n) is 0.821. The van der Waals surface area contributed by atoms with E-state index in [2.05, 4.69) is 11.2 Å². The maximum absolute atomic E-state index is 12.0. The fraction of sp³-hybridized carbons (Fsp3) is 0.778. The molecule has 2 nitrogen and oxygen atoms in total. The highest BCUT2D eigenvalue weighted by molar-refractivity contribution is 4.86. The molecule has 0 aliphatic carbocycles. The Morgan fingerprint density at radius 3 is 2.43 bits per heavy atom. The van der Waals surface area contributed by atoms with Crippen molar-refractivity contribution in [2.75, 3.05) is 13.1 Å². The number of hydrogen-bond acceptors (Lipinski definition) is 2. The third-order valence-electron chi connectivity index (χ3n) is 1.56. The molecule has 2 atom stereocenters. The van der Waals surface area contributed by atoms with E-state index in [0.717, 1.165) is 6.92 Å². The second-order valence-electron chi connectivity index (χ2n) is 2.97. The van der Waals surface area contributed by atoms with Gasteiger partial charge in [0.15, 0.2) is 6.10 Å². The standard InChI is InChI=1S/C9H14F3NO/c1-4-5-13-6-7(2)14-8(3)9(10,11)12/h1,7-8,13H,5-6H2,2-3H3. The molecule has 0 aromatic heterocycles. The molecule has 0 radical (unpaired) electrons. The molecule has 1 N–H and O–H groups in total. The molecule has 5 heteroatoms. The first-order valence-corrected chi connectivity index (χ1v) is 4.24. The summed E-state index contributed by atoms with van der Waals surface area (Å²) in [5.41, 5.74) is 0. The van der Waals surface area contributed by atoms with Crippen molar-refractivity contribution in [3.63, 3.8) is 0 Å². The van der Waals surface area contributed by atoms with E-state index in [-0.39, 0.29) is 0 Å². The number of ether oxygens (including phenoxy) is 1. The van der Waals surface area contributed by atoms with Crippen LogP contribution in [-0.4, -0.2) is 31.5 Å². The molecule has 0 aliphatic rings. The second-order valence-corrected chi connectivity index (χ2v) is 2.97. The zero-order chi connectivity index (χ0) is 11.2. The largest absolute Gasteiger partial charge is 0.414 e. The van der Waals surface area contributed by atoms with Crippen LogP contribution in [0, 0.1) is 12.3 Å². The molecule has 82 valence electrons. The Hall–Kier alpha value is -0.730. The van der Waals surface area contributed by atoms with Crippen LogP contribution in [0.3, 0.4) is 0 Å². The highest BCUT2D eigenvalue weighted by Gasteiger charge is 2.37. The minimum Gasteiger partial charge on any atom is -0.365 e. The Bertz CT molecular complexity index is 197. The highest BCUT2D eigenvalue weighted by atomic mass is 19.4. The lowest BCUT2D eigenvalue weighted by atomic mass is 10.3. The van der Waals surface area contributed by atoms with E-state index in [1.807, 2.05) is 0 Å². The smallest absolute Gasteiger partial charge is 0.365 e. The Morgan fingerprint density at radius 2 is 2.00 bits per heavy atom. The Labute approximate surface area is 81.8 Å². The predicted octanol–water partition coefficient (Wildman–Crippen LogP) is 1.57. The third-order valence-corrected chi connectivity index (χ3v) is 1.56. The average Bonchev–Trinajstić information content (AvgIpc) is 2.03. The van der Waals surface area contributed by atoms with Crippen molar-refractivity contribution in [3.8, 4) is 12.3 Å². The summed E-state index contributed by atoms with van der Waals surface area (Å²) >= 11 is 0. The van der Waals surface area contributed by atoms with Gasteiger partial charge in [0.1, 0.15) is 0 Å². The van der Waals surface area contributed by atoms with E-state index >= 15 is 0 Å². The average molecular weight is 209 g/mol. The number of rotatable bonds is 5. The monoisotopic (exact) mass is 209 g/mol. The second kappa shape index (κ2) is 5.89. The lowest BCUT2D eigenvalue weighted by Gasteiger charge is -2.21. The molecule has 0 saturated heterocycles. The minimum absolute atomic E-state index is 0.310. The Morgan fingerprint density at radius 1 is 1.43 bits per heavy atom. The molecule has 0 bridgehead atoms. The van der Waals surface area contributed by atoms with Crippen molar-refractivity contribution in [2.45, 2.75) is 32.2 Å². The van der Waals surface area contributed by atoms with Crippen LogP contribution in [0.1, 0.15) is 13.8 Å². The Balaban J connectivity index is 3.72. The van der Waals surface area contributed by atoms with Gasteiger partial charge < -0.3 is 10.1 Å². The molecular formula is C9H14F3NO. The summed E-state index contributed by atoms with van der Waals surface area (Å²) in [5, 5.41) is 2.76. The van der Waals surface area contributed by atoms with Gasteiger partial charge >= 0.3 is 6.18 Å². The summed E-state index contributed by atoms with van der Waals surface area (Å²) in [6.07, 6.45) is -1.61. The molecule has 0 aromatic rings. The summed E-state index contributed by atoms with van der Waals surface area (Å²) < 4.78 is 40.8. The number of nitrogens with one attached hydrogen (secondary N) is 1. The van der Waals surface area contributed by atoms with Gasteiger partial charge in [0.25, 0.3) is 0 Å². The number of terminal acetylenes is 1. The molecule has 0 fully saturated rings. The molecule has 0 saturated carbocycles. The first-order valence-electron chi connectivity index (χ1n) is 4.24. The van der Waals surface area contributed by atoms with Crippen LogP contribution >= 0.6 is 0 Å². The molecule has 0 heterocycles. The van der Waals surface area contributed by atoms with Gasteiger partial charge in [0.2, 0.25) is 0 Å². The van der Waals surface area contributed by atoms with E-state index in [9.17, 15) is 13.2 Å². The van der Waals surface area contributed by atoms with Gasteiger partial charge in [-0.15, -0.1) is 6.42 Å². The van der Waals surface area contributed by atoms with E-state index in [1.165, 1.54) is 0 Å². The van der Waals surface area contributed by atoms with Gasteiger partial charge in [-0.05, 0) is 13.8 Å². The molecule has 2 unspecified atom stereocenters. The van der Waals surface area contributed by atoms with Gasteiger partial charge in [-0.25, -0.2) is 0 Å². The predicted molar refractivity (Wildman–Crippen MR) is 47.8 cm³/mol. The summed E-state index contributed by atoms with van der Waals surface area (Å²) in [4.78, 5) is 0. The zero-order valence-corrected chi connectivity index (χ0v) is 8.19. The van der Waals surface area contributed by atoms with Crippen LogP contribution < -0.4 is 5.32 Å². The summed E-state index contributed by atoms with van der Waals surface area (Å²) in [6.45, 7) is 3.18. The van der Waals surface area contributed by atoms with Gasteiger partial charge in [0, 0.05) is 6.54 Å². The number of alkyl halides is 3. The minimum atomic E-state index is -4.31. The van der Waals surface area contributed by atoms with Crippen molar-refractivity contribution in [1.82, 2.24) is 5.32 Å². The lowest BCUT2D eigenvalue weighted by Crippen LogP contribution is -2.36. The van der Waals surface area contributed by atoms with Crippen LogP contribution in [0.4, 0.5) is 13.2 Å². The molecule has 0 spiro atoms. The number of halogens is 3. The van der Waals surface area contributed by atoms with Gasteiger partial charge in [-0.1, -0.05) is 5.92 Å². The zero-order valence-electron chi connectivity index (χ0n) is 8.19. The van der Waals surface area contributed by atoms with Gasteiger partial charge in [-0.3, -0.25) is 0 Å². The summed E-state index contributed by atoms with van der Waals surface area (Å²) in [5.74, 6) is 2.32. The van der Waals surface area contributed by atoms with Crippen molar-refractivity contribution < 1.29 is 17.9 Å². The quantitative estimate of drug-likeness (QED) is 0.548. The highest BCUT2D eigenvalue weighted by Crippen LogP contribution is 2.23. The lowest BCUT2D eigenvalue weighted by molar-refractivity contribution is -0.224.